The zero-order valence-electron chi connectivity index (χ0n) is 9.45. The second-order valence-corrected chi connectivity index (χ2v) is 4.65. The summed E-state index contributed by atoms with van der Waals surface area (Å²) in [5.41, 5.74) is 3.88. The lowest BCUT2D eigenvalue weighted by Gasteiger charge is -2.00. The lowest BCUT2D eigenvalue weighted by molar-refractivity contribution is 0.513. The molecule has 0 bridgehead atoms. The van der Waals surface area contributed by atoms with Crippen LogP contribution in [0.15, 0.2) is 22.6 Å². The van der Waals surface area contributed by atoms with E-state index in [1.165, 1.54) is 24.0 Å². The number of aryl methyl sites for hydroxylation is 3. The van der Waals surface area contributed by atoms with E-state index in [-0.39, 0.29) is 0 Å². The standard InChI is InChI=1S/C13H13ClN2O/c14-7-6-12-15-16-13(17-12)11-5-4-9-2-1-3-10(9)8-11/h4-5,8H,1-3,6-7H2. The van der Waals surface area contributed by atoms with Gasteiger partial charge in [-0.1, -0.05) is 6.07 Å². The van der Waals surface area contributed by atoms with Crippen LogP contribution in [0.1, 0.15) is 23.4 Å². The van der Waals surface area contributed by atoms with Crippen LogP contribution in [0.4, 0.5) is 0 Å². The number of hydrogen-bond acceptors (Lipinski definition) is 3. The molecule has 0 atom stereocenters. The van der Waals surface area contributed by atoms with E-state index in [4.69, 9.17) is 16.0 Å². The summed E-state index contributed by atoms with van der Waals surface area (Å²) in [6.07, 6.45) is 4.22. The van der Waals surface area contributed by atoms with Crippen LogP contribution in [0, 0.1) is 0 Å². The second-order valence-electron chi connectivity index (χ2n) is 4.28. The van der Waals surface area contributed by atoms with Crippen LogP contribution < -0.4 is 0 Å². The van der Waals surface area contributed by atoms with E-state index in [1.807, 2.05) is 0 Å². The first kappa shape index (κ1) is 10.8. The molecule has 0 unspecified atom stereocenters. The van der Waals surface area contributed by atoms with Crippen molar-refractivity contribution in [2.75, 3.05) is 5.88 Å². The van der Waals surface area contributed by atoms with Crippen molar-refractivity contribution in [3.63, 3.8) is 0 Å². The Labute approximate surface area is 105 Å². The van der Waals surface area contributed by atoms with Gasteiger partial charge in [0.1, 0.15) is 0 Å². The molecule has 1 aliphatic rings. The number of rotatable bonds is 3. The summed E-state index contributed by atoms with van der Waals surface area (Å²) >= 11 is 5.64. The van der Waals surface area contributed by atoms with Crippen LogP contribution >= 0.6 is 11.6 Å². The summed E-state index contributed by atoms with van der Waals surface area (Å²) in [4.78, 5) is 0. The van der Waals surface area contributed by atoms with Crippen molar-refractivity contribution in [2.24, 2.45) is 0 Å². The number of benzene rings is 1. The third-order valence-corrected chi connectivity index (χ3v) is 3.31. The van der Waals surface area contributed by atoms with Gasteiger partial charge in [-0.3, -0.25) is 0 Å². The fourth-order valence-corrected chi connectivity index (χ4v) is 2.42. The summed E-state index contributed by atoms with van der Waals surface area (Å²) in [6, 6.07) is 6.39. The van der Waals surface area contributed by atoms with E-state index < -0.39 is 0 Å². The molecule has 2 aromatic rings. The topological polar surface area (TPSA) is 38.9 Å². The van der Waals surface area contributed by atoms with Crippen LogP contribution in [0.5, 0.6) is 0 Å². The van der Waals surface area contributed by atoms with Gasteiger partial charge in [-0.05, 0) is 42.5 Å². The molecular weight excluding hydrogens is 236 g/mol. The van der Waals surface area contributed by atoms with Crippen molar-refractivity contribution >= 4 is 11.6 Å². The molecule has 17 heavy (non-hydrogen) atoms. The minimum atomic E-state index is 0.506. The molecule has 0 amide bonds. The van der Waals surface area contributed by atoms with E-state index in [9.17, 15) is 0 Å². The maximum atomic E-state index is 5.64. The fraction of sp³-hybridized carbons (Fsp3) is 0.385. The first-order valence-corrected chi connectivity index (χ1v) is 6.41. The van der Waals surface area contributed by atoms with Crippen LogP contribution in [-0.4, -0.2) is 16.1 Å². The van der Waals surface area contributed by atoms with Gasteiger partial charge >= 0.3 is 0 Å². The van der Waals surface area contributed by atoms with Gasteiger partial charge in [-0.2, -0.15) is 0 Å². The third-order valence-electron chi connectivity index (χ3n) is 3.12. The highest BCUT2D eigenvalue weighted by Crippen LogP contribution is 2.27. The molecule has 0 spiro atoms. The SMILES string of the molecule is ClCCc1nnc(-c2ccc3c(c2)CCC3)o1. The summed E-state index contributed by atoms with van der Waals surface area (Å²) in [7, 11) is 0. The Kier molecular flexibility index (Phi) is 2.85. The van der Waals surface area contributed by atoms with Gasteiger partial charge in [0.15, 0.2) is 0 Å². The minimum absolute atomic E-state index is 0.506. The number of halogens is 1. The minimum Gasteiger partial charge on any atom is -0.421 e. The summed E-state index contributed by atoms with van der Waals surface area (Å²) < 4.78 is 5.56. The Morgan fingerprint density at radius 2 is 2.06 bits per heavy atom. The zero-order valence-corrected chi connectivity index (χ0v) is 10.2. The van der Waals surface area contributed by atoms with Gasteiger partial charge < -0.3 is 4.42 Å². The summed E-state index contributed by atoms with van der Waals surface area (Å²) in [6.45, 7) is 0. The predicted octanol–water partition coefficient (Wildman–Crippen LogP) is 3.01. The molecule has 0 saturated carbocycles. The summed E-state index contributed by atoms with van der Waals surface area (Å²) in [5, 5.41) is 8.03. The Bertz CT molecular complexity index is 536. The van der Waals surface area contributed by atoms with Crippen LogP contribution in [0.2, 0.25) is 0 Å². The van der Waals surface area contributed by atoms with Gasteiger partial charge in [-0.15, -0.1) is 21.8 Å². The van der Waals surface area contributed by atoms with Crippen LogP contribution in [0.25, 0.3) is 11.5 Å². The molecule has 0 aliphatic heterocycles. The van der Waals surface area contributed by atoms with E-state index in [0.717, 1.165) is 12.0 Å². The largest absolute Gasteiger partial charge is 0.421 e. The molecule has 0 N–H and O–H groups in total. The molecule has 0 radical (unpaired) electrons. The smallest absolute Gasteiger partial charge is 0.247 e. The number of aromatic nitrogens is 2. The maximum Gasteiger partial charge on any atom is 0.247 e. The molecule has 4 heteroatoms. The van der Waals surface area contributed by atoms with Crippen molar-refractivity contribution < 1.29 is 4.42 Å². The van der Waals surface area contributed by atoms with Crippen molar-refractivity contribution in [1.82, 2.24) is 10.2 Å². The second kappa shape index (κ2) is 4.49. The van der Waals surface area contributed by atoms with E-state index in [1.54, 1.807) is 0 Å². The highest BCUT2D eigenvalue weighted by Gasteiger charge is 2.14. The van der Waals surface area contributed by atoms with Crippen molar-refractivity contribution in [1.29, 1.82) is 0 Å². The predicted molar refractivity (Wildman–Crippen MR) is 66.2 cm³/mol. The van der Waals surface area contributed by atoms with Crippen molar-refractivity contribution in [3.8, 4) is 11.5 Å². The van der Waals surface area contributed by atoms with E-state index in [2.05, 4.69) is 28.4 Å². The Morgan fingerprint density at radius 1 is 1.18 bits per heavy atom. The molecule has 88 valence electrons. The Balaban J connectivity index is 1.92. The number of alkyl halides is 1. The fourth-order valence-electron chi connectivity index (χ4n) is 2.26. The Hall–Kier alpha value is -1.35. The molecule has 3 nitrogen and oxygen atoms in total. The first-order valence-electron chi connectivity index (χ1n) is 5.87. The van der Waals surface area contributed by atoms with Crippen molar-refractivity contribution in [2.45, 2.75) is 25.7 Å². The van der Waals surface area contributed by atoms with E-state index in [0.29, 0.717) is 24.1 Å². The normalized spacial score (nSPS) is 13.9. The highest BCUT2D eigenvalue weighted by molar-refractivity contribution is 6.17. The molecule has 1 aliphatic carbocycles. The number of hydrogen-bond donors (Lipinski definition) is 0. The average Bonchev–Trinajstić information content (AvgIpc) is 2.96. The molecule has 0 fully saturated rings. The van der Waals surface area contributed by atoms with Gasteiger partial charge in [0, 0.05) is 17.9 Å². The Morgan fingerprint density at radius 3 is 2.94 bits per heavy atom. The van der Waals surface area contributed by atoms with Gasteiger partial charge in [-0.25, -0.2) is 0 Å². The molecule has 1 heterocycles. The third kappa shape index (κ3) is 2.07. The maximum absolute atomic E-state index is 5.64. The van der Waals surface area contributed by atoms with Crippen LogP contribution in [-0.2, 0) is 19.3 Å². The quantitative estimate of drug-likeness (QED) is 0.784. The van der Waals surface area contributed by atoms with Gasteiger partial charge in [0.05, 0.1) is 0 Å². The first-order chi connectivity index (χ1) is 8.36. The zero-order chi connectivity index (χ0) is 11.7. The molecule has 3 rings (SSSR count). The monoisotopic (exact) mass is 248 g/mol. The lowest BCUT2D eigenvalue weighted by atomic mass is 10.1. The number of nitrogens with zero attached hydrogens (tertiary/aromatic N) is 2. The number of fused-ring (bicyclic) bond motifs is 1. The van der Waals surface area contributed by atoms with Gasteiger partial charge in [0.2, 0.25) is 11.8 Å². The molecular formula is C13H13ClN2O. The molecule has 0 saturated heterocycles. The van der Waals surface area contributed by atoms with Crippen LogP contribution in [0.3, 0.4) is 0 Å². The summed E-state index contributed by atoms with van der Waals surface area (Å²) in [5.74, 6) is 1.71. The lowest BCUT2D eigenvalue weighted by Crippen LogP contribution is -1.84. The molecule has 1 aromatic carbocycles. The van der Waals surface area contributed by atoms with Gasteiger partial charge in [0.25, 0.3) is 0 Å². The molecule has 1 aromatic heterocycles. The highest BCUT2D eigenvalue weighted by atomic mass is 35.5. The van der Waals surface area contributed by atoms with E-state index >= 15 is 0 Å². The van der Waals surface area contributed by atoms with Crippen molar-refractivity contribution in [3.05, 3.63) is 35.2 Å². The average molecular weight is 249 g/mol.